The van der Waals surface area contributed by atoms with Crippen molar-refractivity contribution in [2.75, 3.05) is 18.1 Å². The summed E-state index contributed by atoms with van der Waals surface area (Å²) in [5, 5.41) is 30.9. The number of rotatable bonds is 4. The molecular formula is C18H19F3N6O4. The minimum Gasteiger partial charge on any atom is -0.394 e. The number of benzene rings is 1. The number of hydrogen-bond acceptors (Lipinski definition) is 9. The van der Waals surface area contributed by atoms with Crippen molar-refractivity contribution in [2.45, 2.75) is 36.6 Å². The number of nitrogens with two attached hydrogens (primary N) is 2. The van der Waals surface area contributed by atoms with Gasteiger partial charge in [-0.2, -0.15) is 23.1 Å². The van der Waals surface area contributed by atoms with Gasteiger partial charge in [0, 0.05) is 6.42 Å². The molecule has 1 saturated heterocycles. The van der Waals surface area contributed by atoms with Crippen LogP contribution < -0.4 is 11.5 Å². The van der Waals surface area contributed by atoms with Gasteiger partial charge in [-0.15, -0.1) is 0 Å². The van der Waals surface area contributed by atoms with Crippen LogP contribution in [0.4, 0.5) is 24.9 Å². The first-order valence-corrected chi connectivity index (χ1v) is 9.15. The Kier molecular flexibility index (Phi) is 5.00. The summed E-state index contributed by atoms with van der Waals surface area (Å²) in [6.07, 6.45) is -8.68. The van der Waals surface area contributed by atoms with Gasteiger partial charge in [-0.25, -0.2) is 4.98 Å². The highest BCUT2D eigenvalue weighted by molar-refractivity contribution is 5.82. The monoisotopic (exact) mass is 440 g/mol. The van der Waals surface area contributed by atoms with Gasteiger partial charge in [0.25, 0.3) is 0 Å². The van der Waals surface area contributed by atoms with Crippen LogP contribution in [0.5, 0.6) is 0 Å². The summed E-state index contributed by atoms with van der Waals surface area (Å²) in [5.74, 6) is -0.317. The van der Waals surface area contributed by atoms with E-state index in [4.69, 9.17) is 16.2 Å². The highest BCUT2D eigenvalue weighted by atomic mass is 19.4. The van der Waals surface area contributed by atoms with Crippen molar-refractivity contribution in [1.82, 2.24) is 19.5 Å². The van der Waals surface area contributed by atoms with E-state index >= 15 is 0 Å². The third-order valence-corrected chi connectivity index (χ3v) is 5.32. The topological polar surface area (TPSA) is 166 Å². The second-order valence-corrected chi connectivity index (χ2v) is 7.20. The molecule has 1 aliphatic heterocycles. The van der Waals surface area contributed by atoms with Crippen LogP contribution >= 0.6 is 0 Å². The molecule has 0 saturated carbocycles. The minimum atomic E-state index is -4.68. The first-order chi connectivity index (χ1) is 14.6. The maximum absolute atomic E-state index is 13.6. The van der Waals surface area contributed by atoms with Crippen LogP contribution in [0.25, 0.3) is 11.2 Å². The number of aromatic nitrogens is 4. The molecule has 31 heavy (non-hydrogen) atoms. The van der Waals surface area contributed by atoms with Gasteiger partial charge in [-0.05, 0) is 11.6 Å². The number of anilines is 2. The molecule has 10 nitrogen and oxygen atoms in total. The molecule has 7 N–H and O–H groups in total. The molecule has 13 heteroatoms. The normalized spacial score (nSPS) is 26.6. The number of hydrogen-bond donors (Lipinski definition) is 5. The lowest BCUT2D eigenvalue weighted by molar-refractivity contribution is -0.151. The van der Waals surface area contributed by atoms with Crippen LogP contribution in [-0.2, 0) is 23.1 Å². The molecule has 3 heterocycles. The zero-order valence-electron chi connectivity index (χ0n) is 15.9. The smallest absolute Gasteiger partial charge is 0.394 e. The molecule has 0 unspecified atom stereocenters. The SMILES string of the molecule is Nc1nc(N)c2ncn([C@]3(Cc4ccccc4C(F)(F)F)O[C@H](CO)[C@@H](O)[C@H]3O)c2n1. The molecule has 4 atom stereocenters. The number of alkyl halides is 3. The van der Waals surface area contributed by atoms with E-state index in [0.717, 1.165) is 17.0 Å². The Hall–Kier alpha value is -3.00. The lowest BCUT2D eigenvalue weighted by Gasteiger charge is -2.34. The van der Waals surface area contributed by atoms with E-state index in [1.807, 2.05) is 0 Å². The van der Waals surface area contributed by atoms with E-state index in [1.54, 1.807) is 0 Å². The van der Waals surface area contributed by atoms with Gasteiger partial charge in [0.15, 0.2) is 17.2 Å². The Labute approximate surface area is 172 Å². The van der Waals surface area contributed by atoms with Crippen molar-refractivity contribution in [3.8, 4) is 0 Å². The third-order valence-electron chi connectivity index (χ3n) is 5.32. The second-order valence-electron chi connectivity index (χ2n) is 7.20. The Balaban J connectivity index is 1.94. The number of nitrogen functional groups attached to an aromatic ring is 2. The van der Waals surface area contributed by atoms with Crippen molar-refractivity contribution < 1.29 is 33.2 Å². The zero-order chi connectivity index (χ0) is 22.6. The fourth-order valence-electron chi connectivity index (χ4n) is 3.89. The summed E-state index contributed by atoms with van der Waals surface area (Å²) in [7, 11) is 0. The largest absolute Gasteiger partial charge is 0.416 e. The number of aliphatic hydroxyl groups is 3. The van der Waals surface area contributed by atoms with Crippen LogP contribution in [0, 0.1) is 0 Å². The average molecular weight is 440 g/mol. The molecule has 0 amide bonds. The summed E-state index contributed by atoms with van der Waals surface area (Å²) in [6, 6.07) is 4.77. The molecule has 166 valence electrons. The summed E-state index contributed by atoms with van der Waals surface area (Å²) in [5.41, 5.74) is 8.38. The number of ether oxygens (including phenoxy) is 1. The van der Waals surface area contributed by atoms with Crippen LogP contribution in [0.15, 0.2) is 30.6 Å². The average Bonchev–Trinajstić information content (AvgIpc) is 3.23. The summed E-state index contributed by atoms with van der Waals surface area (Å²) in [6.45, 7) is -0.688. The van der Waals surface area contributed by atoms with E-state index < -0.39 is 48.8 Å². The molecule has 1 aromatic carbocycles. The highest BCUT2D eigenvalue weighted by Crippen LogP contribution is 2.42. The molecule has 0 radical (unpaired) electrons. The standard InChI is InChI=1S/C18H19F3N6O4/c19-18(20,21)9-4-2-1-3-8(9)5-17(13(30)12(29)10(6-28)31-17)27-7-24-11-14(22)25-16(23)26-15(11)27/h1-4,7,10,12-13,28-30H,5-6H2,(H4,22,23,25,26)/t10-,12-,13-,17-/m1/s1. The molecule has 2 aromatic heterocycles. The van der Waals surface area contributed by atoms with Gasteiger partial charge in [0.2, 0.25) is 5.95 Å². The fourth-order valence-corrected chi connectivity index (χ4v) is 3.89. The number of imidazole rings is 1. The maximum Gasteiger partial charge on any atom is 0.416 e. The minimum absolute atomic E-state index is 0.0145. The molecular weight excluding hydrogens is 421 g/mol. The molecule has 0 aliphatic carbocycles. The summed E-state index contributed by atoms with van der Waals surface area (Å²) in [4.78, 5) is 11.9. The summed E-state index contributed by atoms with van der Waals surface area (Å²) < 4.78 is 47.7. The predicted octanol–water partition coefficient (Wildman–Crippen LogP) is 0.0179. The Morgan fingerprint density at radius 3 is 2.52 bits per heavy atom. The Morgan fingerprint density at radius 1 is 1.16 bits per heavy atom. The molecule has 3 aromatic rings. The van der Waals surface area contributed by atoms with E-state index in [2.05, 4.69) is 15.0 Å². The number of fused-ring (bicyclic) bond motifs is 1. The van der Waals surface area contributed by atoms with Gasteiger partial charge in [-0.3, -0.25) is 4.57 Å². The molecule has 1 aliphatic rings. The van der Waals surface area contributed by atoms with E-state index in [0.29, 0.717) is 0 Å². The highest BCUT2D eigenvalue weighted by Gasteiger charge is 2.56. The number of nitrogens with zero attached hydrogens (tertiary/aromatic N) is 4. The Morgan fingerprint density at radius 2 is 1.87 bits per heavy atom. The van der Waals surface area contributed by atoms with Crippen LogP contribution in [0.1, 0.15) is 11.1 Å². The van der Waals surface area contributed by atoms with Gasteiger partial charge in [-0.1, -0.05) is 18.2 Å². The van der Waals surface area contributed by atoms with Gasteiger partial charge >= 0.3 is 6.18 Å². The van der Waals surface area contributed by atoms with Crippen molar-refractivity contribution >= 4 is 22.9 Å². The number of halogens is 3. The molecule has 1 fully saturated rings. The number of aliphatic hydroxyl groups excluding tert-OH is 3. The van der Waals surface area contributed by atoms with E-state index in [1.165, 1.54) is 18.2 Å². The zero-order valence-corrected chi connectivity index (χ0v) is 15.9. The van der Waals surface area contributed by atoms with Crippen LogP contribution in [0.3, 0.4) is 0 Å². The van der Waals surface area contributed by atoms with Crippen molar-refractivity contribution in [2.24, 2.45) is 0 Å². The first kappa shape index (κ1) is 21.2. The van der Waals surface area contributed by atoms with E-state index in [9.17, 15) is 28.5 Å². The predicted molar refractivity (Wildman–Crippen MR) is 101 cm³/mol. The molecule has 0 bridgehead atoms. The quantitative estimate of drug-likeness (QED) is 0.376. The molecule has 0 spiro atoms. The third kappa shape index (κ3) is 3.35. The van der Waals surface area contributed by atoms with Crippen molar-refractivity contribution in [3.05, 3.63) is 41.7 Å². The second kappa shape index (κ2) is 7.30. The lowest BCUT2D eigenvalue weighted by atomic mass is 9.92. The first-order valence-electron chi connectivity index (χ1n) is 9.15. The van der Waals surface area contributed by atoms with Crippen molar-refractivity contribution in [3.63, 3.8) is 0 Å². The van der Waals surface area contributed by atoms with Crippen molar-refractivity contribution in [1.29, 1.82) is 0 Å². The molecule has 4 rings (SSSR count). The Bertz CT molecular complexity index is 1120. The summed E-state index contributed by atoms with van der Waals surface area (Å²) >= 11 is 0. The van der Waals surface area contributed by atoms with Crippen LogP contribution in [0.2, 0.25) is 0 Å². The van der Waals surface area contributed by atoms with E-state index in [-0.39, 0.29) is 28.5 Å². The van der Waals surface area contributed by atoms with Crippen LogP contribution in [-0.4, -0.2) is 59.8 Å². The lowest BCUT2D eigenvalue weighted by Crippen LogP contribution is -2.47. The van der Waals surface area contributed by atoms with Gasteiger partial charge < -0.3 is 31.5 Å². The van der Waals surface area contributed by atoms with Gasteiger partial charge in [0.1, 0.15) is 23.8 Å². The maximum atomic E-state index is 13.6. The van der Waals surface area contributed by atoms with Gasteiger partial charge in [0.05, 0.1) is 18.5 Å². The fraction of sp³-hybridized carbons (Fsp3) is 0.389.